The second kappa shape index (κ2) is 5.22. The maximum atomic E-state index is 10.4. The first kappa shape index (κ1) is 14.2. The Kier molecular flexibility index (Phi) is 3.70. The quantitative estimate of drug-likeness (QED) is 0.742. The Morgan fingerprint density at radius 2 is 1.95 bits per heavy atom. The van der Waals surface area contributed by atoms with Gasteiger partial charge in [-0.3, -0.25) is 0 Å². The lowest BCUT2D eigenvalue weighted by atomic mass is 9.75. The first-order valence-corrected chi connectivity index (χ1v) is 8.35. The highest BCUT2D eigenvalue weighted by Gasteiger charge is 2.35. The molecule has 1 N–H and O–H groups in total. The molecule has 1 aromatic rings. The van der Waals surface area contributed by atoms with Crippen molar-refractivity contribution in [3.63, 3.8) is 0 Å². The lowest BCUT2D eigenvalue weighted by Crippen LogP contribution is -2.28. The molecule has 0 spiro atoms. The van der Waals surface area contributed by atoms with E-state index in [9.17, 15) is 5.11 Å². The van der Waals surface area contributed by atoms with Crippen LogP contribution < -0.4 is 0 Å². The predicted molar refractivity (Wildman–Crippen MR) is 82.8 cm³/mol. The van der Waals surface area contributed by atoms with E-state index in [1.54, 1.807) is 0 Å². The topological polar surface area (TPSA) is 25.2 Å². The second-order valence-electron chi connectivity index (χ2n) is 7.87. The summed E-state index contributed by atoms with van der Waals surface area (Å²) in [6.07, 6.45) is 10.8. The van der Waals surface area contributed by atoms with Crippen molar-refractivity contribution >= 4 is 0 Å². The van der Waals surface area contributed by atoms with Gasteiger partial charge in [-0.05, 0) is 43.1 Å². The van der Waals surface area contributed by atoms with Crippen LogP contribution in [0.2, 0.25) is 0 Å². The molecule has 3 rings (SSSR count). The van der Waals surface area contributed by atoms with E-state index in [1.807, 2.05) is 0 Å². The molecule has 1 aromatic heterocycles. The monoisotopic (exact) mass is 275 g/mol. The van der Waals surface area contributed by atoms with E-state index in [-0.39, 0.29) is 11.5 Å². The molecule has 0 bridgehead atoms. The van der Waals surface area contributed by atoms with Crippen LogP contribution in [0.3, 0.4) is 0 Å². The fraction of sp³-hybridized carbons (Fsp3) is 0.778. The Bertz CT molecular complexity index is 474. The fourth-order valence-corrected chi connectivity index (χ4v) is 4.35. The highest BCUT2D eigenvalue weighted by Crippen LogP contribution is 2.43. The zero-order valence-electron chi connectivity index (χ0n) is 13.2. The van der Waals surface area contributed by atoms with Gasteiger partial charge in [-0.15, -0.1) is 0 Å². The summed E-state index contributed by atoms with van der Waals surface area (Å²) >= 11 is 0. The summed E-state index contributed by atoms with van der Waals surface area (Å²) < 4.78 is 2.52. The van der Waals surface area contributed by atoms with Gasteiger partial charge in [0.05, 0.1) is 6.10 Å². The van der Waals surface area contributed by atoms with Crippen molar-refractivity contribution in [2.75, 3.05) is 0 Å². The molecule has 1 heterocycles. The molecule has 0 saturated heterocycles. The zero-order valence-corrected chi connectivity index (χ0v) is 13.2. The molecule has 20 heavy (non-hydrogen) atoms. The van der Waals surface area contributed by atoms with Crippen molar-refractivity contribution < 1.29 is 5.11 Å². The minimum absolute atomic E-state index is 0.219. The smallest absolute Gasteiger partial charge is 0.0812 e. The molecular formula is C18H29NO. The molecule has 2 aliphatic carbocycles. The van der Waals surface area contributed by atoms with Gasteiger partial charge in [0.15, 0.2) is 0 Å². The van der Waals surface area contributed by atoms with E-state index in [2.05, 4.69) is 37.6 Å². The van der Waals surface area contributed by atoms with Gasteiger partial charge in [-0.25, -0.2) is 0 Å². The molecule has 2 aliphatic rings. The van der Waals surface area contributed by atoms with Gasteiger partial charge in [0.1, 0.15) is 0 Å². The summed E-state index contributed by atoms with van der Waals surface area (Å²) in [6, 6.07) is 2.81. The lowest BCUT2D eigenvalue weighted by molar-refractivity contribution is 0.0967. The molecule has 112 valence electrons. The first-order valence-electron chi connectivity index (χ1n) is 8.35. The van der Waals surface area contributed by atoms with E-state index >= 15 is 0 Å². The number of nitrogens with zero attached hydrogens (tertiary/aromatic N) is 1. The van der Waals surface area contributed by atoms with Crippen molar-refractivity contribution in [2.24, 2.45) is 11.3 Å². The number of aromatic nitrogens is 1. The van der Waals surface area contributed by atoms with Gasteiger partial charge >= 0.3 is 0 Å². The largest absolute Gasteiger partial charge is 0.388 e. The number of rotatable bonds is 1. The molecule has 0 aliphatic heterocycles. The second-order valence-corrected chi connectivity index (χ2v) is 7.87. The summed E-state index contributed by atoms with van der Waals surface area (Å²) in [5, 5.41) is 10.4. The molecule has 1 fully saturated rings. The number of fused-ring (bicyclic) bond motifs is 1. The van der Waals surface area contributed by atoms with E-state index in [1.165, 1.54) is 43.4 Å². The van der Waals surface area contributed by atoms with Gasteiger partial charge in [-0.2, -0.15) is 0 Å². The fourth-order valence-electron chi connectivity index (χ4n) is 4.35. The van der Waals surface area contributed by atoms with E-state index in [0.717, 1.165) is 18.8 Å². The van der Waals surface area contributed by atoms with Crippen molar-refractivity contribution in [3.8, 4) is 0 Å². The third kappa shape index (κ3) is 2.55. The summed E-state index contributed by atoms with van der Waals surface area (Å²) in [5.74, 6) is 0.760. The summed E-state index contributed by atoms with van der Waals surface area (Å²) in [7, 11) is 0. The maximum absolute atomic E-state index is 10.4. The molecule has 1 saturated carbocycles. The van der Waals surface area contributed by atoms with Gasteiger partial charge in [0.25, 0.3) is 0 Å². The van der Waals surface area contributed by atoms with Crippen molar-refractivity contribution in [3.05, 3.63) is 23.5 Å². The molecule has 0 radical (unpaired) electrons. The molecule has 3 atom stereocenters. The van der Waals surface area contributed by atoms with Crippen LogP contribution in [0.4, 0.5) is 0 Å². The van der Waals surface area contributed by atoms with Gasteiger partial charge in [0, 0.05) is 23.5 Å². The normalized spacial score (nSPS) is 33.5. The highest BCUT2D eigenvalue weighted by atomic mass is 16.3. The minimum Gasteiger partial charge on any atom is -0.388 e. The Morgan fingerprint density at radius 3 is 2.75 bits per heavy atom. The van der Waals surface area contributed by atoms with Crippen molar-refractivity contribution in [1.29, 1.82) is 0 Å². The standard InChI is InChI=1S/C18H29NO/c1-13-7-5-4-6-8-15(13)19-10-9-14-16(19)11-18(2,3)12-17(14)20/h9-10,13,15,17,20H,4-8,11-12H2,1-3H3. The SMILES string of the molecule is CC1CCCCCC1n1ccc2c1CC(C)(C)CC2O. The average molecular weight is 275 g/mol. The Hall–Kier alpha value is -0.760. The molecule has 3 unspecified atom stereocenters. The predicted octanol–water partition coefficient (Wildman–Crippen LogP) is 4.64. The van der Waals surface area contributed by atoms with Crippen LogP contribution in [0.15, 0.2) is 12.3 Å². The van der Waals surface area contributed by atoms with Crippen LogP contribution in [0.1, 0.15) is 82.7 Å². The van der Waals surface area contributed by atoms with Crippen molar-refractivity contribution in [1.82, 2.24) is 4.57 Å². The van der Waals surface area contributed by atoms with Crippen LogP contribution in [0.5, 0.6) is 0 Å². The van der Waals surface area contributed by atoms with Crippen LogP contribution in [0.25, 0.3) is 0 Å². The van der Waals surface area contributed by atoms with E-state index in [0.29, 0.717) is 6.04 Å². The third-order valence-corrected chi connectivity index (χ3v) is 5.48. The number of aliphatic hydroxyl groups is 1. The summed E-state index contributed by atoms with van der Waals surface area (Å²) in [5.41, 5.74) is 2.82. The highest BCUT2D eigenvalue weighted by molar-refractivity contribution is 5.30. The lowest BCUT2D eigenvalue weighted by Gasteiger charge is -2.36. The Morgan fingerprint density at radius 1 is 1.20 bits per heavy atom. The van der Waals surface area contributed by atoms with Crippen LogP contribution in [-0.4, -0.2) is 9.67 Å². The number of hydrogen-bond donors (Lipinski definition) is 1. The van der Waals surface area contributed by atoms with E-state index in [4.69, 9.17) is 0 Å². The first-order chi connectivity index (χ1) is 9.48. The summed E-state index contributed by atoms with van der Waals surface area (Å²) in [4.78, 5) is 0. The maximum Gasteiger partial charge on any atom is 0.0812 e. The molecule has 0 amide bonds. The van der Waals surface area contributed by atoms with Gasteiger partial charge < -0.3 is 9.67 Å². The minimum atomic E-state index is -0.268. The van der Waals surface area contributed by atoms with Gasteiger partial charge in [0.2, 0.25) is 0 Å². The Labute approximate surface area is 123 Å². The van der Waals surface area contributed by atoms with Crippen LogP contribution >= 0.6 is 0 Å². The van der Waals surface area contributed by atoms with Crippen molar-refractivity contribution in [2.45, 2.75) is 77.9 Å². The summed E-state index contributed by atoms with van der Waals surface area (Å²) in [6.45, 7) is 6.98. The molecular weight excluding hydrogens is 246 g/mol. The number of hydrogen-bond acceptors (Lipinski definition) is 1. The number of aliphatic hydroxyl groups excluding tert-OH is 1. The van der Waals surface area contributed by atoms with Crippen LogP contribution in [0, 0.1) is 11.3 Å². The van der Waals surface area contributed by atoms with Gasteiger partial charge in [-0.1, -0.05) is 40.0 Å². The van der Waals surface area contributed by atoms with E-state index < -0.39 is 0 Å². The zero-order chi connectivity index (χ0) is 14.3. The average Bonchev–Trinajstić information content (AvgIpc) is 2.64. The molecule has 2 heteroatoms. The molecule has 2 nitrogen and oxygen atoms in total. The third-order valence-electron chi connectivity index (χ3n) is 5.48. The molecule has 0 aromatic carbocycles. The Balaban J connectivity index is 1.95. The van der Waals surface area contributed by atoms with Crippen LogP contribution in [-0.2, 0) is 6.42 Å².